The van der Waals surface area contributed by atoms with Crippen molar-refractivity contribution in [1.29, 1.82) is 0 Å². The Labute approximate surface area is 167 Å². The summed E-state index contributed by atoms with van der Waals surface area (Å²) >= 11 is 5.84. The molecule has 28 heavy (non-hydrogen) atoms. The first kappa shape index (κ1) is 20.5. The van der Waals surface area contributed by atoms with E-state index in [1.54, 1.807) is 24.3 Å². The largest absolute Gasteiger partial charge is 0.387 e. The van der Waals surface area contributed by atoms with Gasteiger partial charge in [-0.05, 0) is 36.6 Å². The summed E-state index contributed by atoms with van der Waals surface area (Å²) < 4.78 is 27.3. The van der Waals surface area contributed by atoms with Gasteiger partial charge in [0.15, 0.2) is 0 Å². The van der Waals surface area contributed by atoms with Crippen LogP contribution in [0.15, 0.2) is 47.4 Å². The highest BCUT2D eigenvalue weighted by molar-refractivity contribution is 7.89. The van der Waals surface area contributed by atoms with Crippen LogP contribution in [0.5, 0.6) is 0 Å². The van der Waals surface area contributed by atoms with E-state index in [-0.39, 0.29) is 22.8 Å². The zero-order chi connectivity index (χ0) is 20.3. The molecule has 8 nitrogen and oxygen atoms in total. The lowest BCUT2D eigenvalue weighted by Crippen LogP contribution is -2.29. The van der Waals surface area contributed by atoms with E-state index in [9.17, 15) is 23.6 Å². The van der Waals surface area contributed by atoms with E-state index in [1.165, 1.54) is 16.4 Å². The summed E-state index contributed by atoms with van der Waals surface area (Å²) in [5.74, 6) is 0. The van der Waals surface area contributed by atoms with Gasteiger partial charge in [0.25, 0.3) is 5.69 Å². The molecule has 10 heteroatoms. The summed E-state index contributed by atoms with van der Waals surface area (Å²) in [7, 11) is -3.88. The highest BCUT2D eigenvalue weighted by atomic mass is 35.5. The normalized spacial score (nSPS) is 16.1. The summed E-state index contributed by atoms with van der Waals surface area (Å²) in [6, 6.07) is 10.3. The third kappa shape index (κ3) is 4.44. The molecule has 3 rings (SSSR count). The standard InChI is InChI=1S/C18H20ClN3O5S/c19-14-5-3-13(4-6-14)17(23)12-20-16-8-7-15(22(24)25)11-18(16)28(26,27)21-9-1-2-10-21/h3-8,11,17,20,23H,1-2,9-10,12H2. The molecule has 150 valence electrons. The topological polar surface area (TPSA) is 113 Å². The second-order valence-electron chi connectivity index (χ2n) is 6.50. The Balaban J connectivity index is 1.87. The predicted molar refractivity (Wildman–Crippen MR) is 106 cm³/mol. The van der Waals surface area contributed by atoms with E-state index in [0.29, 0.717) is 23.7 Å². The van der Waals surface area contributed by atoms with Crippen molar-refractivity contribution in [2.45, 2.75) is 23.8 Å². The maximum absolute atomic E-state index is 13.0. The van der Waals surface area contributed by atoms with Crippen LogP contribution < -0.4 is 5.32 Å². The first-order chi connectivity index (χ1) is 13.3. The number of nitrogens with zero attached hydrogens (tertiary/aromatic N) is 2. The van der Waals surface area contributed by atoms with Gasteiger partial charge in [0.1, 0.15) is 4.90 Å². The van der Waals surface area contributed by atoms with Gasteiger partial charge in [-0.1, -0.05) is 23.7 Å². The van der Waals surface area contributed by atoms with Crippen molar-refractivity contribution >= 4 is 33.0 Å². The van der Waals surface area contributed by atoms with Crippen molar-refractivity contribution in [3.05, 3.63) is 63.2 Å². The summed E-state index contributed by atoms with van der Waals surface area (Å²) in [5.41, 5.74) is 0.523. The van der Waals surface area contributed by atoms with Gasteiger partial charge in [-0.2, -0.15) is 4.31 Å². The molecule has 1 heterocycles. The van der Waals surface area contributed by atoms with Crippen LogP contribution in [-0.4, -0.2) is 42.4 Å². The highest BCUT2D eigenvalue weighted by Gasteiger charge is 2.31. The van der Waals surface area contributed by atoms with Crippen molar-refractivity contribution in [2.24, 2.45) is 0 Å². The first-order valence-corrected chi connectivity index (χ1v) is 10.6. The molecule has 0 aromatic heterocycles. The van der Waals surface area contributed by atoms with E-state index in [4.69, 9.17) is 11.6 Å². The molecule has 1 saturated heterocycles. The third-order valence-corrected chi connectivity index (χ3v) is 6.79. The van der Waals surface area contributed by atoms with Crippen LogP contribution >= 0.6 is 11.6 Å². The average Bonchev–Trinajstić information content (AvgIpc) is 3.22. The van der Waals surface area contributed by atoms with Crippen molar-refractivity contribution in [2.75, 3.05) is 25.0 Å². The van der Waals surface area contributed by atoms with E-state index >= 15 is 0 Å². The Kier molecular flexibility index (Phi) is 6.19. The number of nitro benzene ring substituents is 1. The van der Waals surface area contributed by atoms with Crippen molar-refractivity contribution in [3.8, 4) is 0 Å². The molecular weight excluding hydrogens is 406 g/mol. The van der Waals surface area contributed by atoms with E-state index in [1.807, 2.05) is 0 Å². The molecule has 0 radical (unpaired) electrons. The summed E-state index contributed by atoms with van der Waals surface area (Å²) in [5, 5.41) is 24.9. The summed E-state index contributed by atoms with van der Waals surface area (Å²) in [6.45, 7) is 0.803. The van der Waals surface area contributed by atoms with Crippen LogP contribution in [0.1, 0.15) is 24.5 Å². The molecule has 0 bridgehead atoms. The van der Waals surface area contributed by atoms with Gasteiger partial charge in [0.2, 0.25) is 10.0 Å². The van der Waals surface area contributed by atoms with Gasteiger partial charge in [0, 0.05) is 36.8 Å². The zero-order valence-corrected chi connectivity index (χ0v) is 16.5. The number of hydrogen-bond acceptors (Lipinski definition) is 6. The molecule has 2 N–H and O–H groups in total. The molecule has 1 aliphatic heterocycles. The van der Waals surface area contributed by atoms with Gasteiger partial charge >= 0.3 is 0 Å². The molecule has 2 aromatic carbocycles. The monoisotopic (exact) mass is 425 g/mol. The van der Waals surface area contributed by atoms with Crippen molar-refractivity contribution in [3.63, 3.8) is 0 Å². The number of hydrogen-bond donors (Lipinski definition) is 2. The zero-order valence-electron chi connectivity index (χ0n) is 14.9. The lowest BCUT2D eigenvalue weighted by Gasteiger charge is -2.20. The van der Waals surface area contributed by atoms with Gasteiger partial charge in [0.05, 0.1) is 16.7 Å². The number of rotatable bonds is 7. The molecule has 1 fully saturated rings. The molecule has 0 saturated carbocycles. The molecule has 1 atom stereocenters. The first-order valence-electron chi connectivity index (χ1n) is 8.75. The molecule has 1 aliphatic rings. The fourth-order valence-electron chi connectivity index (χ4n) is 3.06. The van der Waals surface area contributed by atoms with Gasteiger partial charge < -0.3 is 10.4 Å². The third-order valence-electron chi connectivity index (χ3n) is 4.60. The Bertz CT molecular complexity index is 960. The molecule has 0 aliphatic carbocycles. The van der Waals surface area contributed by atoms with Crippen molar-refractivity contribution < 1.29 is 18.4 Å². The number of non-ortho nitro benzene ring substituents is 1. The number of nitro groups is 1. The molecule has 0 spiro atoms. The number of aliphatic hydroxyl groups is 1. The van der Waals surface area contributed by atoms with Gasteiger partial charge in [-0.15, -0.1) is 0 Å². The van der Waals surface area contributed by atoms with Crippen LogP contribution in [-0.2, 0) is 10.0 Å². The van der Waals surface area contributed by atoms with E-state index in [2.05, 4.69) is 5.32 Å². The SMILES string of the molecule is O=[N+]([O-])c1ccc(NCC(O)c2ccc(Cl)cc2)c(S(=O)(=O)N2CCCC2)c1. The lowest BCUT2D eigenvalue weighted by molar-refractivity contribution is -0.385. The second kappa shape index (κ2) is 8.44. The van der Waals surface area contributed by atoms with Crippen LogP contribution in [0.25, 0.3) is 0 Å². The number of aliphatic hydroxyl groups excluding tert-OH is 1. The Morgan fingerprint density at radius 3 is 2.43 bits per heavy atom. The average molecular weight is 426 g/mol. The minimum Gasteiger partial charge on any atom is -0.387 e. The second-order valence-corrected chi connectivity index (χ2v) is 8.84. The van der Waals surface area contributed by atoms with Crippen LogP contribution in [0.4, 0.5) is 11.4 Å². The minimum absolute atomic E-state index is 0.0297. The van der Waals surface area contributed by atoms with Gasteiger partial charge in [-0.3, -0.25) is 10.1 Å². The molecule has 1 unspecified atom stereocenters. The molecular formula is C18H20ClN3O5S. The molecule has 2 aromatic rings. The van der Waals surface area contributed by atoms with Crippen LogP contribution in [0.3, 0.4) is 0 Å². The molecule has 0 amide bonds. The Morgan fingerprint density at radius 2 is 1.82 bits per heavy atom. The predicted octanol–water partition coefficient (Wildman–Crippen LogP) is 3.18. The minimum atomic E-state index is -3.88. The van der Waals surface area contributed by atoms with Crippen molar-refractivity contribution in [1.82, 2.24) is 4.31 Å². The maximum Gasteiger partial charge on any atom is 0.270 e. The number of anilines is 1. The number of nitrogens with one attached hydrogen (secondary N) is 1. The van der Waals surface area contributed by atoms with E-state index < -0.39 is 21.1 Å². The number of benzene rings is 2. The lowest BCUT2D eigenvalue weighted by atomic mass is 10.1. The Hall–Kier alpha value is -2.20. The fraction of sp³-hybridized carbons (Fsp3) is 0.333. The number of sulfonamides is 1. The smallest absolute Gasteiger partial charge is 0.270 e. The highest BCUT2D eigenvalue weighted by Crippen LogP contribution is 2.31. The summed E-state index contributed by atoms with van der Waals surface area (Å²) in [6.07, 6.45) is 0.605. The van der Waals surface area contributed by atoms with Crippen LogP contribution in [0.2, 0.25) is 5.02 Å². The van der Waals surface area contributed by atoms with Crippen LogP contribution in [0, 0.1) is 10.1 Å². The van der Waals surface area contributed by atoms with E-state index in [0.717, 1.165) is 18.9 Å². The van der Waals surface area contributed by atoms with Gasteiger partial charge in [-0.25, -0.2) is 8.42 Å². The quantitative estimate of drug-likeness (QED) is 0.520. The maximum atomic E-state index is 13.0. The summed E-state index contributed by atoms with van der Waals surface area (Å²) in [4.78, 5) is 10.3. The fourth-order valence-corrected chi connectivity index (χ4v) is 4.89. The Morgan fingerprint density at radius 1 is 1.18 bits per heavy atom. The number of halogens is 1.